The molecule has 156 valence electrons. The summed E-state index contributed by atoms with van der Waals surface area (Å²) in [5.74, 6) is -0.392. The summed E-state index contributed by atoms with van der Waals surface area (Å²) in [6.45, 7) is 2.69. The van der Waals surface area contributed by atoms with Crippen molar-refractivity contribution in [2.75, 3.05) is 26.2 Å². The van der Waals surface area contributed by atoms with Crippen LogP contribution in [-0.4, -0.2) is 51.4 Å². The first-order valence-corrected chi connectivity index (χ1v) is 10.3. The van der Waals surface area contributed by atoms with Crippen LogP contribution in [0.5, 0.6) is 0 Å². The van der Waals surface area contributed by atoms with Gasteiger partial charge in [-0.3, -0.25) is 19.1 Å². The zero-order chi connectivity index (χ0) is 21.3. The summed E-state index contributed by atoms with van der Waals surface area (Å²) in [5, 5.41) is 0.901. The minimum Gasteiger partial charge on any atom is -0.339 e. The summed E-state index contributed by atoms with van der Waals surface area (Å²) >= 11 is 12.1. The molecule has 1 fully saturated rings. The highest BCUT2D eigenvalue weighted by atomic mass is 35.5. The van der Waals surface area contributed by atoms with Gasteiger partial charge in [-0.15, -0.1) is 0 Å². The number of carbonyl (C=O) groups excluding carboxylic acids is 1. The molecule has 0 atom stereocenters. The molecule has 30 heavy (non-hydrogen) atoms. The van der Waals surface area contributed by atoms with Crippen molar-refractivity contribution in [2.24, 2.45) is 0 Å². The monoisotopic (exact) mass is 448 g/mol. The molecule has 2 aromatic carbocycles. The molecule has 9 heteroatoms. The molecule has 0 bridgehead atoms. The Balaban J connectivity index is 1.41. The van der Waals surface area contributed by atoms with Crippen molar-refractivity contribution in [1.29, 1.82) is 0 Å². The lowest BCUT2D eigenvalue weighted by Crippen LogP contribution is -2.49. The van der Waals surface area contributed by atoms with Gasteiger partial charge < -0.3 is 4.90 Å². The average molecular weight is 449 g/mol. The first kappa shape index (κ1) is 20.8. The molecule has 0 aliphatic carbocycles. The number of hydrogen-bond acceptors (Lipinski definition) is 4. The van der Waals surface area contributed by atoms with Gasteiger partial charge in [0.05, 0.1) is 22.3 Å². The lowest BCUT2D eigenvalue weighted by molar-refractivity contribution is -0.133. The molecular formula is C21H19Cl2FN4O2. The number of hydrogen-bond donors (Lipinski definition) is 0. The van der Waals surface area contributed by atoms with Crippen molar-refractivity contribution < 1.29 is 9.18 Å². The summed E-state index contributed by atoms with van der Waals surface area (Å²) in [6.07, 6.45) is 1.33. The fourth-order valence-corrected chi connectivity index (χ4v) is 4.12. The Morgan fingerprint density at radius 1 is 1.10 bits per heavy atom. The SMILES string of the molecule is O=C(Cn1cnc2c(Cl)cc(Cl)cc2c1=O)N1CCN(Cc2ccccc2F)CC1. The molecule has 1 aliphatic rings. The minimum absolute atomic E-state index is 0.112. The second-order valence-corrected chi connectivity index (χ2v) is 8.05. The van der Waals surface area contributed by atoms with E-state index >= 15 is 0 Å². The van der Waals surface area contributed by atoms with Gasteiger partial charge in [-0.1, -0.05) is 41.4 Å². The van der Waals surface area contributed by atoms with Gasteiger partial charge >= 0.3 is 0 Å². The third-order valence-corrected chi connectivity index (χ3v) is 5.73. The maximum Gasteiger partial charge on any atom is 0.261 e. The molecule has 0 radical (unpaired) electrons. The number of nitrogens with zero attached hydrogens (tertiary/aromatic N) is 4. The van der Waals surface area contributed by atoms with Crippen molar-refractivity contribution >= 4 is 40.0 Å². The molecule has 0 N–H and O–H groups in total. The lowest BCUT2D eigenvalue weighted by Gasteiger charge is -2.34. The zero-order valence-corrected chi connectivity index (χ0v) is 17.5. The third kappa shape index (κ3) is 4.33. The number of carbonyl (C=O) groups is 1. The molecule has 2 heterocycles. The number of amides is 1. The van der Waals surface area contributed by atoms with Gasteiger partial charge in [0.25, 0.3) is 5.56 Å². The van der Waals surface area contributed by atoms with Crippen LogP contribution >= 0.6 is 23.2 Å². The van der Waals surface area contributed by atoms with Crippen molar-refractivity contribution in [1.82, 2.24) is 19.4 Å². The van der Waals surface area contributed by atoms with Gasteiger partial charge in [0, 0.05) is 43.3 Å². The normalized spacial score (nSPS) is 15.0. The standard InChI is InChI=1S/C21H19Cl2FN4O2/c22-15-9-16-20(17(23)10-15)25-13-28(21(16)30)12-19(29)27-7-5-26(6-8-27)11-14-3-1-2-4-18(14)24/h1-4,9-10,13H,5-8,11-12H2. The van der Waals surface area contributed by atoms with E-state index in [0.717, 1.165) is 0 Å². The second kappa shape index (κ2) is 8.71. The number of fused-ring (bicyclic) bond motifs is 1. The quantitative estimate of drug-likeness (QED) is 0.614. The zero-order valence-electron chi connectivity index (χ0n) is 16.0. The number of aromatic nitrogens is 2. The molecular weight excluding hydrogens is 430 g/mol. The predicted octanol–water partition coefficient (Wildman–Crippen LogP) is 3.19. The highest BCUT2D eigenvalue weighted by Gasteiger charge is 2.22. The van der Waals surface area contributed by atoms with E-state index in [2.05, 4.69) is 9.88 Å². The Kier molecular flexibility index (Phi) is 6.04. The number of rotatable bonds is 4. The van der Waals surface area contributed by atoms with Crippen LogP contribution in [0.3, 0.4) is 0 Å². The second-order valence-electron chi connectivity index (χ2n) is 7.21. The van der Waals surface area contributed by atoms with Crippen LogP contribution in [0.15, 0.2) is 47.5 Å². The third-order valence-electron chi connectivity index (χ3n) is 5.23. The van der Waals surface area contributed by atoms with E-state index in [-0.39, 0.29) is 29.2 Å². The molecule has 0 unspecified atom stereocenters. The van der Waals surface area contributed by atoms with E-state index in [9.17, 15) is 14.0 Å². The highest BCUT2D eigenvalue weighted by Crippen LogP contribution is 2.24. The maximum absolute atomic E-state index is 13.8. The van der Waals surface area contributed by atoms with Crippen LogP contribution in [0.4, 0.5) is 4.39 Å². The first-order valence-electron chi connectivity index (χ1n) is 9.50. The Bertz CT molecular complexity index is 1160. The molecule has 0 saturated carbocycles. The summed E-state index contributed by atoms with van der Waals surface area (Å²) in [7, 11) is 0. The lowest BCUT2D eigenvalue weighted by atomic mass is 10.2. The molecule has 1 aromatic heterocycles. The van der Waals surface area contributed by atoms with Crippen molar-refractivity contribution in [2.45, 2.75) is 13.1 Å². The Labute approximate surface area is 182 Å². The highest BCUT2D eigenvalue weighted by molar-refractivity contribution is 6.38. The van der Waals surface area contributed by atoms with Gasteiger partial charge in [0.1, 0.15) is 12.4 Å². The van der Waals surface area contributed by atoms with E-state index in [1.807, 2.05) is 6.07 Å². The van der Waals surface area contributed by atoms with Crippen LogP contribution in [0.25, 0.3) is 10.9 Å². The minimum atomic E-state index is -0.365. The average Bonchev–Trinajstić information content (AvgIpc) is 2.72. The van der Waals surface area contributed by atoms with Gasteiger partial charge in [-0.2, -0.15) is 0 Å². The fourth-order valence-electron chi connectivity index (χ4n) is 3.58. The summed E-state index contributed by atoms with van der Waals surface area (Å²) < 4.78 is 15.1. The molecule has 4 rings (SSSR count). The van der Waals surface area contributed by atoms with Gasteiger partial charge in [-0.05, 0) is 18.2 Å². The van der Waals surface area contributed by atoms with Crippen LogP contribution in [0.1, 0.15) is 5.56 Å². The maximum atomic E-state index is 13.8. The van der Waals surface area contributed by atoms with Crippen LogP contribution < -0.4 is 5.56 Å². The van der Waals surface area contributed by atoms with Crippen LogP contribution in [0.2, 0.25) is 10.0 Å². The molecule has 3 aromatic rings. The first-order chi connectivity index (χ1) is 14.4. The Morgan fingerprint density at radius 2 is 1.83 bits per heavy atom. The van der Waals surface area contributed by atoms with Crippen LogP contribution in [-0.2, 0) is 17.9 Å². The van der Waals surface area contributed by atoms with Crippen molar-refractivity contribution in [3.8, 4) is 0 Å². The van der Waals surface area contributed by atoms with Crippen LogP contribution in [0, 0.1) is 5.82 Å². The Morgan fingerprint density at radius 3 is 2.57 bits per heavy atom. The van der Waals surface area contributed by atoms with E-state index < -0.39 is 0 Å². The van der Waals surface area contributed by atoms with Gasteiger partial charge in [-0.25, -0.2) is 9.37 Å². The smallest absolute Gasteiger partial charge is 0.261 e. The predicted molar refractivity (Wildman–Crippen MR) is 114 cm³/mol. The summed E-state index contributed by atoms with van der Waals surface area (Å²) in [4.78, 5) is 33.5. The van der Waals surface area contributed by atoms with Gasteiger partial charge in [0.15, 0.2) is 0 Å². The summed E-state index contributed by atoms with van der Waals surface area (Å²) in [5.41, 5.74) is 0.635. The topological polar surface area (TPSA) is 58.4 Å². The molecule has 0 spiro atoms. The Hall–Kier alpha value is -2.48. The number of benzene rings is 2. The molecule has 6 nitrogen and oxygen atoms in total. The van der Waals surface area contributed by atoms with Crippen molar-refractivity contribution in [3.05, 3.63) is 74.5 Å². The van der Waals surface area contributed by atoms with E-state index in [1.165, 1.54) is 29.1 Å². The molecule has 1 saturated heterocycles. The van der Waals surface area contributed by atoms with E-state index in [4.69, 9.17) is 23.2 Å². The molecule has 1 amide bonds. The fraction of sp³-hybridized carbons (Fsp3) is 0.286. The van der Waals surface area contributed by atoms with Crippen molar-refractivity contribution in [3.63, 3.8) is 0 Å². The van der Waals surface area contributed by atoms with Gasteiger partial charge in [0.2, 0.25) is 5.91 Å². The van der Waals surface area contributed by atoms with E-state index in [1.54, 1.807) is 17.0 Å². The number of halogens is 3. The largest absolute Gasteiger partial charge is 0.339 e. The number of piperazine rings is 1. The molecule has 1 aliphatic heterocycles. The summed E-state index contributed by atoms with van der Waals surface area (Å²) in [6, 6.07) is 9.72. The van der Waals surface area contributed by atoms with E-state index in [0.29, 0.717) is 53.8 Å².